The highest BCUT2D eigenvalue weighted by Crippen LogP contribution is 2.44. The molecular weight excluding hydrogens is 501 g/mol. The molecule has 0 saturated carbocycles. The number of carbonyl (C=O) groups excluding carboxylic acids is 1. The molecule has 0 radical (unpaired) electrons. The van der Waals surface area contributed by atoms with E-state index >= 15 is 4.39 Å². The molecule has 0 bridgehead atoms. The Bertz CT molecular complexity index is 1270. The summed E-state index contributed by atoms with van der Waals surface area (Å²) in [6.45, 7) is 9.58. The zero-order chi connectivity index (χ0) is 24.6. The summed E-state index contributed by atoms with van der Waals surface area (Å²) in [5.74, 6) is -0.0300. The second-order valence-corrected chi connectivity index (χ2v) is 10.3. The summed E-state index contributed by atoms with van der Waals surface area (Å²) >= 11 is 3.41. The summed E-state index contributed by atoms with van der Waals surface area (Å²) in [6, 6.07) is 8.63. The van der Waals surface area contributed by atoms with E-state index in [1.54, 1.807) is 18.2 Å². The summed E-state index contributed by atoms with van der Waals surface area (Å²) in [5.41, 5.74) is 5.22. The van der Waals surface area contributed by atoms with Gasteiger partial charge in [0, 0.05) is 33.2 Å². The van der Waals surface area contributed by atoms with Crippen LogP contribution >= 0.6 is 15.9 Å². The van der Waals surface area contributed by atoms with E-state index in [4.69, 9.17) is 9.15 Å². The first-order chi connectivity index (χ1) is 16.1. The van der Waals surface area contributed by atoms with Crippen molar-refractivity contribution in [1.29, 1.82) is 0 Å². The molecule has 0 spiro atoms. The van der Waals surface area contributed by atoms with Gasteiger partial charge in [0.1, 0.15) is 5.82 Å². The number of hydrogen-bond acceptors (Lipinski definition) is 5. The highest BCUT2D eigenvalue weighted by Gasteiger charge is 2.36. The molecule has 1 amide bonds. The van der Waals surface area contributed by atoms with Gasteiger partial charge < -0.3 is 14.1 Å². The third-order valence-corrected chi connectivity index (χ3v) is 6.77. The number of nitrogens with one attached hydrogen (secondary N) is 1. The van der Waals surface area contributed by atoms with Gasteiger partial charge in [-0.05, 0) is 68.5 Å². The second kappa shape index (κ2) is 9.41. The number of fused-ring (bicyclic) bond motifs is 2. The van der Waals surface area contributed by atoms with Gasteiger partial charge in [0.2, 0.25) is 0 Å². The molecule has 2 heterocycles. The molecule has 2 aromatic carbocycles. The van der Waals surface area contributed by atoms with Gasteiger partial charge in [-0.2, -0.15) is 5.10 Å². The van der Waals surface area contributed by atoms with E-state index in [1.165, 1.54) is 13.3 Å². The molecule has 0 aliphatic carbocycles. The van der Waals surface area contributed by atoms with Crippen molar-refractivity contribution in [3.63, 3.8) is 0 Å². The fourth-order valence-electron chi connectivity index (χ4n) is 4.83. The van der Waals surface area contributed by atoms with Crippen molar-refractivity contribution >= 4 is 44.7 Å². The smallest absolute Gasteiger partial charge is 0.307 e. The Morgan fingerprint density at radius 3 is 2.82 bits per heavy atom. The van der Waals surface area contributed by atoms with Crippen molar-refractivity contribution in [2.75, 3.05) is 18.6 Å². The predicted octanol–water partition coefficient (Wildman–Crippen LogP) is 6.61. The maximum atomic E-state index is 15.0. The highest BCUT2D eigenvalue weighted by molar-refractivity contribution is 9.10. The van der Waals surface area contributed by atoms with Crippen LogP contribution in [0.5, 0.6) is 5.75 Å². The van der Waals surface area contributed by atoms with E-state index in [-0.39, 0.29) is 23.0 Å². The number of nitrogens with zero attached hydrogens (tertiary/aromatic N) is 2. The summed E-state index contributed by atoms with van der Waals surface area (Å²) in [7, 11) is 1.53. The minimum atomic E-state index is -0.534. The number of benzene rings is 2. The standard InChI is InChI=1S/C26H29BrFN3O3/c1-6-7-31-21-12-20(28)17(9-19(21)15(2)13-26(31,3)4)14-29-30-25(32)23-10-16-8-18(27)11-22(33-5)24(16)34-23/h8-12,14-15H,6-7,13H2,1-5H3,(H,30,32)/b29-14-. The Kier molecular flexibility index (Phi) is 6.71. The third-order valence-electron chi connectivity index (χ3n) is 6.31. The largest absolute Gasteiger partial charge is 0.493 e. The third kappa shape index (κ3) is 4.56. The molecule has 4 rings (SSSR count). The first-order valence-corrected chi connectivity index (χ1v) is 12.2. The van der Waals surface area contributed by atoms with Crippen LogP contribution in [-0.4, -0.2) is 31.3 Å². The molecular formula is C26H29BrFN3O3. The predicted molar refractivity (Wildman–Crippen MR) is 137 cm³/mol. The van der Waals surface area contributed by atoms with E-state index in [1.807, 2.05) is 12.1 Å². The summed E-state index contributed by atoms with van der Waals surface area (Å²) < 4.78 is 26.8. The summed E-state index contributed by atoms with van der Waals surface area (Å²) in [6.07, 6.45) is 3.30. The number of hydrogen-bond donors (Lipinski definition) is 1. The van der Waals surface area contributed by atoms with Gasteiger partial charge in [-0.1, -0.05) is 29.8 Å². The number of furan rings is 1. The molecule has 3 aromatic rings. The maximum absolute atomic E-state index is 15.0. The molecule has 34 heavy (non-hydrogen) atoms. The fourth-order valence-corrected chi connectivity index (χ4v) is 5.29. The number of anilines is 1. The normalized spacial score (nSPS) is 17.3. The van der Waals surface area contributed by atoms with Crippen LogP contribution in [0.4, 0.5) is 10.1 Å². The average molecular weight is 530 g/mol. The minimum absolute atomic E-state index is 0.0384. The van der Waals surface area contributed by atoms with Crippen molar-refractivity contribution in [3.05, 3.63) is 57.5 Å². The summed E-state index contributed by atoms with van der Waals surface area (Å²) in [5, 5.41) is 4.71. The van der Waals surface area contributed by atoms with Crippen LogP contribution in [0.1, 0.15) is 68.1 Å². The van der Waals surface area contributed by atoms with E-state index in [2.05, 4.69) is 59.1 Å². The quantitative estimate of drug-likeness (QED) is 0.288. The molecule has 1 N–H and O–H groups in total. The number of amides is 1. The zero-order valence-electron chi connectivity index (χ0n) is 20.0. The molecule has 1 aromatic heterocycles. The molecule has 1 atom stereocenters. The van der Waals surface area contributed by atoms with Crippen molar-refractivity contribution in [3.8, 4) is 5.75 Å². The molecule has 0 saturated heterocycles. The van der Waals surface area contributed by atoms with Gasteiger partial charge in [-0.3, -0.25) is 4.79 Å². The van der Waals surface area contributed by atoms with E-state index in [0.29, 0.717) is 16.9 Å². The lowest BCUT2D eigenvalue weighted by atomic mass is 9.79. The SMILES string of the molecule is CCCN1c2cc(F)c(/C=N\NC(=O)c3cc4cc(Br)cc(OC)c4o3)cc2C(C)CC1(C)C. The van der Waals surface area contributed by atoms with Crippen LogP contribution in [-0.2, 0) is 0 Å². The molecule has 6 nitrogen and oxygen atoms in total. The first kappa shape index (κ1) is 24.3. The molecule has 1 aliphatic rings. The van der Waals surface area contributed by atoms with Crippen LogP contribution in [0, 0.1) is 5.82 Å². The highest BCUT2D eigenvalue weighted by atomic mass is 79.9. The number of methoxy groups -OCH3 is 1. The average Bonchev–Trinajstić information content (AvgIpc) is 3.20. The monoisotopic (exact) mass is 529 g/mol. The Morgan fingerprint density at radius 2 is 2.12 bits per heavy atom. The Hall–Kier alpha value is -2.87. The number of carbonyl (C=O) groups is 1. The van der Waals surface area contributed by atoms with Gasteiger partial charge >= 0.3 is 5.91 Å². The lowest BCUT2D eigenvalue weighted by Gasteiger charge is -2.47. The fraction of sp³-hybridized carbons (Fsp3) is 0.385. The van der Waals surface area contributed by atoms with Crippen molar-refractivity contribution < 1.29 is 18.3 Å². The number of hydrazone groups is 1. The van der Waals surface area contributed by atoms with Gasteiger partial charge in [0.25, 0.3) is 0 Å². The van der Waals surface area contributed by atoms with Crippen LogP contribution in [0.15, 0.2) is 44.3 Å². The minimum Gasteiger partial charge on any atom is -0.493 e. The lowest BCUT2D eigenvalue weighted by Crippen LogP contribution is -2.48. The van der Waals surface area contributed by atoms with Crippen molar-refractivity contribution in [1.82, 2.24) is 5.43 Å². The Labute approximate surface area is 207 Å². The summed E-state index contributed by atoms with van der Waals surface area (Å²) in [4.78, 5) is 14.9. The van der Waals surface area contributed by atoms with Crippen LogP contribution in [0.25, 0.3) is 11.0 Å². The van der Waals surface area contributed by atoms with Gasteiger partial charge in [-0.25, -0.2) is 9.82 Å². The number of ether oxygens (including phenoxy) is 1. The maximum Gasteiger partial charge on any atom is 0.307 e. The molecule has 0 fully saturated rings. The lowest BCUT2D eigenvalue weighted by molar-refractivity contribution is 0.0929. The van der Waals surface area contributed by atoms with Gasteiger partial charge in [-0.15, -0.1) is 0 Å². The van der Waals surface area contributed by atoms with Gasteiger partial charge in [0.05, 0.1) is 13.3 Å². The van der Waals surface area contributed by atoms with E-state index in [0.717, 1.165) is 40.5 Å². The molecule has 1 unspecified atom stereocenters. The van der Waals surface area contributed by atoms with Gasteiger partial charge in [0.15, 0.2) is 17.1 Å². The van der Waals surface area contributed by atoms with Crippen molar-refractivity contribution in [2.24, 2.45) is 5.10 Å². The van der Waals surface area contributed by atoms with E-state index < -0.39 is 5.91 Å². The zero-order valence-corrected chi connectivity index (χ0v) is 21.6. The molecule has 8 heteroatoms. The Balaban J connectivity index is 1.56. The second-order valence-electron chi connectivity index (χ2n) is 9.34. The number of rotatable bonds is 6. The van der Waals surface area contributed by atoms with Crippen LogP contribution in [0.2, 0.25) is 0 Å². The van der Waals surface area contributed by atoms with Crippen LogP contribution in [0.3, 0.4) is 0 Å². The van der Waals surface area contributed by atoms with E-state index in [9.17, 15) is 4.79 Å². The van der Waals surface area contributed by atoms with Crippen molar-refractivity contribution in [2.45, 2.75) is 52.0 Å². The Morgan fingerprint density at radius 1 is 1.35 bits per heavy atom. The topological polar surface area (TPSA) is 67.1 Å². The molecule has 180 valence electrons. The molecule has 1 aliphatic heterocycles. The number of halogens is 2. The first-order valence-electron chi connectivity index (χ1n) is 11.4. The van der Waals surface area contributed by atoms with Crippen LogP contribution < -0.4 is 15.1 Å².